The lowest BCUT2D eigenvalue weighted by molar-refractivity contribution is 0.0985. The van der Waals surface area contributed by atoms with E-state index in [1.807, 2.05) is 6.07 Å². The number of hydrogen-bond donors (Lipinski definition) is 1. The molecule has 1 saturated heterocycles. The Hall–Kier alpha value is -0.920. The molecule has 2 heterocycles. The van der Waals surface area contributed by atoms with E-state index in [1.165, 1.54) is 6.26 Å². The number of rotatable bonds is 3. The number of nitrogens with zero attached hydrogens (tertiary/aromatic N) is 3. The van der Waals surface area contributed by atoms with Gasteiger partial charge in [0.05, 0.1) is 39.4 Å². The number of hydrogen-bond acceptors (Lipinski definition) is 6. The Morgan fingerprint density at radius 3 is 2.81 bits per heavy atom. The molecule has 1 aromatic rings. The second kappa shape index (κ2) is 5.07. The van der Waals surface area contributed by atoms with Crippen molar-refractivity contribution < 1.29 is 8.95 Å². The van der Waals surface area contributed by atoms with Gasteiger partial charge in [-0.3, -0.25) is 4.78 Å². The molecular weight excluding hydrogens is 312 g/mol. The molecule has 2 atom stereocenters. The van der Waals surface area contributed by atoms with Crippen LogP contribution < -0.4 is 4.90 Å². The zero-order valence-corrected chi connectivity index (χ0v) is 13.7. The summed E-state index contributed by atoms with van der Waals surface area (Å²) in [6.07, 6.45) is 2.92. The van der Waals surface area contributed by atoms with Gasteiger partial charge in [0, 0.05) is 18.9 Å². The first-order chi connectivity index (χ1) is 9.83. The molecule has 2 aliphatic rings. The topological polar surface area (TPSA) is 79.2 Å². The number of nitrogens with one attached hydrogen (secondary N) is 1. The molecule has 8 heteroatoms. The first kappa shape index (κ1) is 15.0. The average molecular weight is 331 g/mol. The fourth-order valence-electron chi connectivity index (χ4n) is 2.81. The molecule has 116 valence electrons. The number of morpholine rings is 1. The Balaban J connectivity index is 2.01. The van der Waals surface area contributed by atoms with Gasteiger partial charge in [0.2, 0.25) is 5.28 Å². The van der Waals surface area contributed by atoms with Gasteiger partial charge < -0.3 is 9.64 Å². The summed E-state index contributed by atoms with van der Waals surface area (Å²) in [5, 5.41) is 0.149. The highest BCUT2D eigenvalue weighted by Gasteiger charge is 2.53. The molecule has 0 radical (unpaired) electrons. The van der Waals surface area contributed by atoms with Crippen molar-refractivity contribution in [3.63, 3.8) is 0 Å². The lowest BCUT2D eigenvalue weighted by atomic mass is 10.2. The third kappa shape index (κ3) is 2.62. The van der Waals surface area contributed by atoms with Gasteiger partial charge in [-0.2, -0.15) is 0 Å². The Morgan fingerprint density at radius 1 is 1.52 bits per heavy atom. The molecule has 0 bridgehead atoms. The minimum Gasteiger partial charge on any atom is -0.377 e. The predicted molar refractivity (Wildman–Crippen MR) is 82.4 cm³/mol. The van der Waals surface area contributed by atoms with Crippen molar-refractivity contribution in [2.45, 2.75) is 30.6 Å². The lowest BCUT2D eigenvalue weighted by Crippen LogP contribution is -2.44. The van der Waals surface area contributed by atoms with Crippen molar-refractivity contribution in [2.24, 2.45) is 0 Å². The van der Waals surface area contributed by atoms with Crippen LogP contribution in [0.3, 0.4) is 0 Å². The standard InChI is InChI=1S/C13H19ClN4O2S/c1-9-8-20-6-5-18(9)11-7-10(16-12(14)17-11)13(3-4-13)21(2,15)19/h7,9,15H,3-6,8H2,1-2H3/t9-,21+/m1/s1. The highest BCUT2D eigenvalue weighted by molar-refractivity contribution is 7.92. The summed E-state index contributed by atoms with van der Waals surface area (Å²) in [5.74, 6) is 0.732. The van der Waals surface area contributed by atoms with Crippen LogP contribution in [-0.2, 0) is 19.2 Å². The van der Waals surface area contributed by atoms with Crippen LogP contribution in [0.15, 0.2) is 6.07 Å². The Bertz CT molecular complexity index is 660. The lowest BCUT2D eigenvalue weighted by Gasteiger charge is -2.34. The summed E-state index contributed by atoms with van der Waals surface area (Å²) in [6, 6.07) is 2.05. The molecule has 21 heavy (non-hydrogen) atoms. The summed E-state index contributed by atoms with van der Waals surface area (Å²) in [5.41, 5.74) is 0.638. The number of ether oxygens (including phenoxy) is 1. The van der Waals surface area contributed by atoms with Crippen molar-refractivity contribution >= 4 is 27.1 Å². The summed E-state index contributed by atoms with van der Waals surface area (Å²) in [6.45, 7) is 4.10. The number of anilines is 1. The summed E-state index contributed by atoms with van der Waals surface area (Å²) < 4.78 is 25.0. The van der Waals surface area contributed by atoms with E-state index in [2.05, 4.69) is 21.8 Å². The zero-order valence-electron chi connectivity index (χ0n) is 12.1. The van der Waals surface area contributed by atoms with Crippen LogP contribution in [0.1, 0.15) is 25.5 Å². The van der Waals surface area contributed by atoms with Crippen LogP contribution in [0.25, 0.3) is 0 Å². The molecule has 1 saturated carbocycles. The zero-order chi connectivity index (χ0) is 15.3. The van der Waals surface area contributed by atoms with Crippen LogP contribution in [0.4, 0.5) is 5.82 Å². The van der Waals surface area contributed by atoms with E-state index < -0.39 is 14.5 Å². The van der Waals surface area contributed by atoms with Gasteiger partial charge in [0.1, 0.15) is 5.82 Å². The molecule has 0 aromatic carbocycles. The molecule has 3 rings (SSSR count). The van der Waals surface area contributed by atoms with E-state index in [0.29, 0.717) is 18.9 Å². The Kier molecular flexibility index (Phi) is 3.62. The van der Waals surface area contributed by atoms with Gasteiger partial charge in [-0.05, 0) is 31.4 Å². The SMILES string of the molecule is C[C@@H]1COCCN1c1cc(C2([S@@](C)(=N)=O)CC2)nc(Cl)n1. The van der Waals surface area contributed by atoms with Crippen molar-refractivity contribution in [1.29, 1.82) is 4.78 Å². The van der Waals surface area contributed by atoms with Gasteiger partial charge in [-0.1, -0.05) is 0 Å². The minimum absolute atomic E-state index is 0.149. The maximum atomic E-state index is 12.3. The second-order valence-electron chi connectivity index (χ2n) is 5.84. The molecule has 2 fully saturated rings. The van der Waals surface area contributed by atoms with Crippen LogP contribution in [0, 0.1) is 4.78 Å². The molecule has 1 aromatic heterocycles. The maximum Gasteiger partial charge on any atom is 0.224 e. The molecule has 6 nitrogen and oxygen atoms in total. The number of halogens is 1. The Labute approximate surface area is 129 Å². The van der Waals surface area contributed by atoms with Crippen LogP contribution >= 0.6 is 11.6 Å². The molecule has 0 amide bonds. The van der Waals surface area contributed by atoms with E-state index in [9.17, 15) is 4.21 Å². The van der Waals surface area contributed by atoms with Crippen molar-refractivity contribution in [1.82, 2.24) is 9.97 Å². The largest absolute Gasteiger partial charge is 0.377 e. The first-order valence-electron chi connectivity index (χ1n) is 6.96. The average Bonchev–Trinajstić information content (AvgIpc) is 3.19. The second-order valence-corrected chi connectivity index (χ2v) is 8.64. The quantitative estimate of drug-likeness (QED) is 0.858. The van der Waals surface area contributed by atoms with E-state index in [-0.39, 0.29) is 11.3 Å². The minimum atomic E-state index is -2.71. The molecule has 1 aliphatic heterocycles. The third-order valence-corrected chi connectivity index (χ3v) is 6.54. The van der Waals surface area contributed by atoms with Crippen molar-refractivity contribution in [3.05, 3.63) is 17.0 Å². The Morgan fingerprint density at radius 2 is 2.24 bits per heavy atom. The predicted octanol–water partition coefficient (Wildman–Crippen LogP) is 2.02. The third-order valence-electron chi connectivity index (χ3n) is 4.26. The van der Waals surface area contributed by atoms with E-state index in [1.54, 1.807) is 0 Å². The fraction of sp³-hybridized carbons (Fsp3) is 0.692. The summed E-state index contributed by atoms with van der Waals surface area (Å²) in [4.78, 5) is 10.7. The molecule has 1 N–H and O–H groups in total. The van der Waals surface area contributed by atoms with Crippen LogP contribution in [0.2, 0.25) is 5.28 Å². The van der Waals surface area contributed by atoms with E-state index in [0.717, 1.165) is 25.2 Å². The highest BCUT2D eigenvalue weighted by atomic mass is 35.5. The highest BCUT2D eigenvalue weighted by Crippen LogP contribution is 2.52. The normalized spacial score (nSPS) is 27.2. The van der Waals surface area contributed by atoms with Crippen LogP contribution in [-0.4, -0.2) is 46.2 Å². The van der Waals surface area contributed by atoms with E-state index in [4.69, 9.17) is 21.1 Å². The van der Waals surface area contributed by atoms with Gasteiger partial charge in [0.15, 0.2) is 0 Å². The van der Waals surface area contributed by atoms with E-state index >= 15 is 0 Å². The smallest absolute Gasteiger partial charge is 0.224 e. The first-order valence-corrected chi connectivity index (χ1v) is 9.31. The van der Waals surface area contributed by atoms with Crippen molar-refractivity contribution in [2.75, 3.05) is 30.9 Å². The fourth-order valence-corrected chi connectivity index (χ4v) is 4.37. The molecule has 0 unspecified atom stereocenters. The van der Waals surface area contributed by atoms with Gasteiger partial charge in [0.25, 0.3) is 0 Å². The summed E-state index contributed by atoms with van der Waals surface area (Å²) >= 11 is 6.07. The van der Waals surface area contributed by atoms with Crippen LogP contribution in [0.5, 0.6) is 0 Å². The number of aromatic nitrogens is 2. The molecule has 0 spiro atoms. The molecule has 1 aliphatic carbocycles. The van der Waals surface area contributed by atoms with Crippen molar-refractivity contribution in [3.8, 4) is 0 Å². The molecular formula is C13H19ClN4O2S. The van der Waals surface area contributed by atoms with Gasteiger partial charge in [-0.15, -0.1) is 0 Å². The summed E-state index contributed by atoms with van der Waals surface area (Å²) in [7, 11) is -2.71. The van der Waals surface area contributed by atoms with Gasteiger partial charge in [-0.25, -0.2) is 14.2 Å². The van der Waals surface area contributed by atoms with Gasteiger partial charge >= 0.3 is 0 Å². The maximum absolute atomic E-state index is 12.3. The monoisotopic (exact) mass is 330 g/mol.